The molecule has 1 unspecified atom stereocenters. The standard InChI is InChI=1S/C13H19FO/c1-9(2)13(15)5-4-11-6-10(3)7-12(14)8-11/h6-9,13,15H,4-5H2,1-3H3. The van der Waals surface area contributed by atoms with Gasteiger partial charge in [0.1, 0.15) is 5.82 Å². The maximum Gasteiger partial charge on any atom is 0.123 e. The Balaban J connectivity index is 2.57. The molecular formula is C13H19FO. The van der Waals surface area contributed by atoms with Gasteiger partial charge >= 0.3 is 0 Å². The first-order valence-corrected chi connectivity index (χ1v) is 5.43. The second kappa shape index (κ2) is 5.26. The van der Waals surface area contributed by atoms with Gasteiger partial charge in [-0.2, -0.15) is 0 Å². The summed E-state index contributed by atoms with van der Waals surface area (Å²) >= 11 is 0. The third-order valence-electron chi connectivity index (χ3n) is 2.60. The van der Waals surface area contributed by atoms with Crippen LogP contribution in [0.4, 0.5) is 4.39 Å². The quantitative estimate of drug-likeness (QED) is 0.809. The lowest BCUT2D eigenvalue weighted by Crippen LogP contribution is -2.15. The van der Waals surface area contributed by atoms with Crippen molar-refractivity contribution in [3.05, 3.63) is 35.1 Å². The highest BCUT2D eigenvalue weighted by Crippen LogP contribution is 2.13. The largest absolute Gasteiger partial charge is 0.393 e. The van der Waals surface area contributed by atoms with E-state index in [2.05, 4.69) is 0 Å². The van der Waals surface area contributed by atoms with Crippen LogP contribution >= 0.6 is 0 Å². The van der Waals surface area contributed by atoms with Crippen LogP contribution in [-0.2, 0) is 6.42 Å². The van der Waals surface area contributed by atoms with E-state index < -0.39 is 0 Å². The summed E-state index contributed by atoms with van der Waals surface area (Å²) in [5, 5.41) is 9.63. The Morgan fingerprint density at radius 1 is 1.27 bits per heavy atom. The fourth-order valence-corrected chi connectivity index (χ4v) is 1.60. The molecule has 1 rings (SSSR count). The molecule has 0 aliphatic rings. The van der Waals surface area contributed by atoms with Gasteiger partial charge in [-0.25, -0.2) is 4.39 Å². The molecule has 0 aliphatic carbocycles. The lowest BCUT2D eigenvalue weighted by molar-refractivity contribution is 0.116. The predicted molar refractivity (Wildman–Crippen MR) is 60.3 cm³/mol. The number of halogens is 1. The van der Waals surface area contributed by atoms with Crippen LogP contribution in [0, 0.1) is 18.7 Å². The average Bonchev–Trinajstić information content (AvgIpc) is 2.12. The van der Waals surface area contributed by atoms with E-state index in [0.717, 1.165) is 17.5 Å². The summed E-state index contributed by atoms with van der Waals surface area (Å²) in [6.45, 7) is 5.86. The van der Waals surface area contributed by atoms with Gasteiger partial charge in [-0.15, -0.1) is 0 Å². The van der Waals surface area contributed by atoms with Gasteiger partial charge in [-0.3, -0.25) is 0 Å². The van der Waals surface area contributed by atoms with Crippen molar-refractivity contribution in [1.82, 2.24) is 0 Å². The van der Waals surface area contributed by atoms with Gasteiger partial charge in [0, 0.05) is 0 Å². The van der Waals surface area contributed by atoms with E-state index in [0.29, 0.717) is 6.42 Å². The third-order valence-corrected chi connectivity index (χ3v) is 2.60. The average molecular weight is 210 g/mol. The highest BCUT2D eigenvalue weighted by atomic mass is 19.1. The highest BCUT2D eigenvalue weighted by Gasteiger charge is 2.09. The van der Waals surface area contributed by atoms with Gasteiger partial charge in [0.25, 0.3) is 0 Å². The van der Waals surface area contributed by atoms with E-state index in [4.69, 9.17) is 0 Å². The van der Waals surface area contributed by atoms with Crippen molar-refractivity contribution in [3.8, 4) is 0 Å². The molecule has 1 N–H and O–H groups in total. The molecule has 1 aromatic rings. The number of hydrogen-bond acceptors (Lipinski definition) is 1. The van der Waals surface area contributed by atoms with Crippen molar-refractivity contribution < 1.29 is 9.50 Å². The van der Waals surface area contributed by atoms with Crippen LogP contribution in [0.1, 0.15) is 31.4 Å². The highest BCUT2D eigenvalue weighted by molar-refractivity contribution is 5.23. The smallest absolute Gasteiger partial charge is 0.123 e. The first kappa shape index (κ1) is 12.2. The lowest BCUT2D eigenvalue weighted by atomic mass is 9.98. The molecule has 2 heteroatoms. The predicted octanol–water partition coefficient (Wildman–Crippen LogP) is 3.08. The second-order valence-electron chi connectivity index (χ2n) is 4.49. The first-order chi connectivity index (χ1) is 6.99. The number of aryl methyl sites for hydroxylation is 2. The topological polar surface area (TPSA) is 20.2 Å². The minimum Gasteiger partial charge on any atom is -0.393 e. The van der Waals surface area contributed by atoms with Gasteiger partial charge in [0.2, 0.25) is 0 Å². The van der Waals surface area contributed by atoms with Gasteiger partial charge in [-0.1, -0.05) is 19.9 Å². The van der Waals surface area contributed by atoms with Crippen molar-refractivity contribution >= 4 is 0 Å². The Morgan fingerprint density at radius 3 is 2.47 bits per heavy atom. The third kappa shape index (κ3) is 4.00. The molecule has 1 aromatic carbocycles. The summed E-state index contributed by atoms with van der Waals surface area (Å²) in [7, 11) is 0. The molecule has 0 fully saturated rings. The minimum absolute atomic E-state index is 0.191. The maximum atomic E-state index is 13.0. The van der Waals surface area contributed by atoms with Gasteiger partial charge < -0.3 is 5.11 Å². The summed E-state index contributed by atoms with van der Waals surface area (Å²) in [4.78, 5) is 0. The zero-order chi connectivity index (χ0) is 11.4. The summed E-state index contributed by atoms with van der Waals surface area (Å²) in [5.74, 6) is 0.0729. The monoisotopic (exact) mass is 210 g/mol. The Hall–Kier alpha value is -0.890. The Kier molecular flexibility index (Phi) is 4.28. The summed E-state index contributed by atoms with van der Waals surface area (Å²) in [6, 6.07) is 5.03. The van der Waals surface area contributed by atoms with Crippen LogP contribution in [0.15, 0.2) is 18.2 Å². The van der Waals surface area contributed by atoms with Crippen LogP contribution in [0.5, 0.6) is 0 Å². The molecule has 0 bridgehead atoms. The molecule has 0 saturated carbocycles. The van der Waals surface area contributed by atoms with Gasteiger partial charge in [-0.05, 0) is 48.9 Å². The van der Waals surface area contributed by atoms with Crippen LogP contribution < -0.4 is 0 Å². The van der Waals surface area contributed by atoms with Crippen molar-refractivity contribution in [2.75, 3.05) is 0 Å². The van der Waals surface area contributed by atoms with Crippen molar-refractivity contribution in [1.29, 1.82) is 0 Å². The molecule has 0 saturated heterocycles. The number of benzene rings is 1. The number of hydrogen-bond donors (Lipinski definition) is 1. The van der Waals surface area contributed by atoms with E-state index in [-0.39, 0.29) is 17.8 Å². The molecule has 0 heterocycles. The summed E-state index contributed by atoms with van der Waals surface area (Å²) < 4.78 is 13.0. The van der Waals surface area contributed by atoms with Crippen molar-refractivity contribution in [2.24, 2.45) is 5.92 Å². The zero-order valence-corrected chi connectivity index (χ0v) is 9.63. The van der Waals surface area contributed by atoms with Crippen LogP contribution in [0.25, 0.3) is 0 Å². The molecule has 84 valence electrons. The van der Waals surface area contributed by atoms with Crippen molar-refractivity contribution in [2.45, 2.75) is 39.7 Å². The first-order valence-electron chi connectivity index (χ1n) is 5.43. The molecule has 0 amide bonds. The van der Waals surface area contributed by atoms with E-state index in [1.807, 2.05) is 26.8 Å². The van der Waals surface area contributed by atoms with Crippen LogP contribution in [0.3, 0.4) is 0 Å². The molecule has 15 heavy (non-hydrogen) atoms. The molecule has 1 nitrogen and oxygen atoms in total. The number of aliphatic hydroxyl groups excluding tert-OH is 1. The Morgan fingerprint density at radius 2 is 1.93 bits per heavy atom. The van der Waals surface area contributed by atoms with E-state index >= 15 is 0 Å². The molecule has 0 radical (unpaired) electrons. The maximum absolute atomic E-state index is 13.0. The second-order valence-corrected chi connectivity index (χ2v) is 4.49. The fourth-order valence-electron chi connectivity index (χ4n) is 1.60. The minimum atomic E-state index is -0.298. The fraction of sp³-hybridized carbons (Fsp3) is 0.538. The molecule has 0 spiro atoms. The summed E-state index contributed by atoms with van der Waals surface area (Å²) in [6.07, 6.45) is 1.13. The number of rotatable bonds is 4. The van der Waals surface area contributed by atoms with E-state index in [1.54, 1.807) is 6.07 Å². The van der Waals surface area contributed by atoms with Crippen LogP contribution in [-0.4, -0.2) is 11.2 Å². The SMILES string of the molecule is Cc1cc(F)cc(CCC(O)C(C)C)c1. The van der Waals surface area contributed by atoms with E-state index in [1.165, 1.54) is 6.07 Å². The molecule has 1 atom stereocenters. The summed E-state index contributed by atoms with van der Waals surface area (Å²) in [5.41, 5.74) is 1.90. The van der Waals surface area contributed by atoms with Gasteiger partial charge in [0.15, 0.2) is 0 Å². The zero-order valence-electron chi connectivity index (χ0n) is 9.63. The van der Waals surface area contributed by atoms with Gasteiger partial charge in [0.05, 0.1) is 6.10 Å². The van der Waals surface area contributed by atoms with Crippen molar-refractivity contribution in [3.63, 3.8) is 0 Å². The lowest BCUT2D eigenvalue weighted by Gasteiger charge is -2.14. The van der Waals surface area contributed by atoms with E-state index in [9.17, 15) is 9.50 Å². The number of aliphatic hydroxyl groups is 1. The molecule has 0 aromatic heterocycles. The molecular weight excluding hydrogens is 191 g/mol. The Bertz CT molecular complexity index is 300. The van der Waals surface area contributed by atoms with Crippen LogP contribution in [0.2, 0.25) is 0 Å². The Labute approximate surface area is 90.9 Å². The normalized spacial score (nSPS) is 13.2. The molecule has 0 aliphatic heterocycles.